The van der Waals surface area contributed by atoms with Crippen molar-refractivity contribution >= 4 is 0 Å². The van der Waals surface area contributed by atoms with Crippen molar-refractivity contribution < 1.29 is 0 Å². The Morgan fingerprint density at radius 2 is 1.72 bits per heavy atom. The van der Waals surface area contributed by atoms with Gasteiger partial charge in [0.15, 0.2) is 0 Å². The Hall–Kier alpha value is -1.56. The van der Waals surface area contributed by atoms with Crippen LogP contribution in [0.2, 0.25) is 0 Å². The molecule has 0 aromatic heterocycles. The van der Waals surface area contributed by atoms with E-state index in [1.165, 1.54) is 73.7 Å². The van der Waals surface area contributed by atoms with E-state index in [2.05, 4.69) is 85.1 Å². The molecule has 0 radical (unpaired) electrons. The van der Waals surface area contributed by atoms with Crippen LogP contribution in [0.3, 0.4) is 0 Å². The van der Waals surface area contributed by atoms with Gasteiger partial charge in [-0.1, -0.05) is 105 Å². The third-order valence-electron chi connectivity index (χ3n) is 5.82. The van der Waals surface area contributed by atoms with E-state index in [1.54, 1.807) is 5.57 Å². The molecule has 0 saturated heterocycles. The highest BCUT2D eigenvalue weighted by Gasteiger charge is 2.19. The Kier molecular flexibility index (Phi) is 16.4. The molecule has 1 aliphatic rings. The van der Waals surface area contributed by atoms with Crippen molar-refractivity contribution in [3.8, 4) is 0 Å². The quantitative estimate of drug-likeness (QED) is 0.185. The van der Waals surface area contributed by atoms with E-state index in [4.69, 9.17) is 0 Å². The zero-order valence-electron chi connectivity index (χ0n) is 20.4. The predicted octanol–water partition coefficient (Wildman–Crippen LogP) is 10.1. The molecule has 0 heteroatoms. The van der Waals surface area contributed by atoms with Gasteiger partial charge in [-0.05, 0) is 78.1 Å². The Morgan fingerprint density at radius 3 is 2.28 bits per heavy atom. The fraction of sp³-hybridized carbons (Fsp3) is 0.586. The number of unbranched alkanes of at least 4 members (excludes halogenated alkanes) is 2. The molecule has 1 aliphatic carbocycles. The van der Waals surface area contributed by atoms with Crippen LogP contribution in [0.5, 0.6) is 0 Å². The Bertz CT molecular complexity index is 592. The second kappa shape index (κ2) is 17.3. The molecule has 0 spiro atoms. The molecule has 1 fully saturated rings. The van der Waals surface area contributed by atoms with Gasteiger partial charge < -0.3 is 0 Å². The molecule has 1 saturated carbocycles. The molecular weight excluding hydrogens is 348 g/mol. The summed E-state index contributed by atoms with van der Waals surface area (Å²) in [4.78, 5) is 0. The van der Waals surface area contributed by atoms with Gasteiger partial charge in [-0.2, -0.15) is 0 Å². The molecule has 0 nitrogen and oxygen atoms in total. The van der Waals surface area contributed by atoms with Crippen molar-refractivity contribution in [1.29, 1.82) is 0 Å². The summed E-state index contributed by atoms with van der Waals surface area (Å²) >= 11 is 0. The first-order valence-electron chi connectivity index (χ1n) is 11.9. The zero-order chi connectivity index (χ0) is 22.1. The molecule has 0 heterocycles. The summed E-state index contributed by atoms with van der Waals surface area (Å²) in [7, 11) is 0. The second-order valence-corrected chi connectivity index (χ2v) is 8.42. The van der Waals surface area contributed by atoms with E-state index >= 15 is 0 Å². The van der Waals surface area contributed by atoms with E-state index in [0.717, 1.165) is 18.8 Å². The van der Waals surface area contributed by atoms with Crippen molar-refractivity contribution in [3.63, 3.8) is 0 Å². The average molecular weight is 397 g/mol. The lowest BCUT2D eigenvalue weighted by atomic mass is 9.97. The van der Waals surface area contributed by atoms with E-state index < -0.39 is 0 Å². The summed E-state index contributed by atoms with van der Waals surface area (Å²) in [6, 6.07) is 0. The number of rotatable bonds is 11. The van der Waals surface area contributed by atoms with E-state index in [1.807, 2.05) is 0 Å². The highest BCUT2D eigenvalue weighted by molar-refractivity contribution is 5.25. The molecule has 0 amide bonds. The molecule has 0 bridgehead atoms. The first kappa shape index (κ1) is 27.4. The standard InChI is InChI=1S/C15H24.C14H24/c1-5-12(3)9-14-7-8-15(11-14)10-13(4)6-2;1-5-8-9-10-14(7-3)12-11-13(4)6-2/h6,10,14H,3,5,7-9,11H2,1-2,4H3;7,11-12H,4-6,8-10H2,1-3H3/b13-6-,15-10-;12-11-,14-7-. The number of hydrogen-bond donors (Lipinski definition) is 0. The van der Waals surface area contributed by atoms with Gasteiger partial charge in [0.1, 0.15) is 0 Å². The van der Waals surface area contributed by atoms with Crippen molar-refractivity contribution in [2.75, 3.05) is 0 Å². The maximum Gasteiger partial charge on any atom is -0.0282 e. The molecule has 164 valence electrons. The summed E-state index contributed by atoms with van der Waals surface area (Å²) in [5, 5.41) is 0. The van der Waals surface area contributed by atoms with E-state index in [0.29, 0.717) is 0 Å². The van der Waals surface area contributed by atoms with Crippen LogP contribution in [0.15, 0.2) is 71.4 Å². The second-order valence-electron chi connectivity index (χ2n) is 8.42. The monoisotopic (exact) mass is 396 g/mol. The largest absolute Gasteiger partial charge is 0.0999 e. The van der Waals surface area contributed by atoms with Gasteiger partial charge in [-0.25, -0.2) is 0 Å². The number of allylic oxidation sites excluding steroid dienone is 10. The highest BCUT2D eigenvalue weighted by Crippen LogP contribution is 2.35. The molecule has 0 N–H and O–H groups in total. The SMILES string of the molecule is C=C(/C=C\C(=C/C)CCCCC)CC.C=C(CC)CC1CC/C(=C/C(C)=C\C)C1. The molecule has 0 aliphatic heterocycles. The number of hydrogen-bond acceptors (Lipinski definition) is 0. The van der Waals surface area contributed by atoms with Gasteiger partial charge in [-0.3, -0.25) is 0 Å². The minimum atomic E-state index is 0.869. The molecule has 1 unspecified atom stereocenters. The summed E-state index contributed by atoms with van der Waals surface area (Å²) < 4.78 is 0. The maximum atomic E-state index is 4.11. The predicted molar refractivity (Wildman–Crippen MR) is 135 cm³/mol. The third kappa shape index (κ3) is 14.1. The molecule has 0 aromatic rings. The summed E-state index contributed by atoms with van der Waals surface area (Å²) in [6.07, 6.45) is 23.6. The minimum Gasteiger partial charge on any atom is -0.0999 e. The van der Waals surface area contributed by atoms with E-state index in [-0.39, 0.29) is 0 Å². The van der Waals surface area contributed by atoms with Crippen LogP contribution >= 0.6 is 0 Å². The van der Waals surface area contributed by atoms with Gasteiger partial charge in [0, 0.05) is 0 Å². The van der Waals surface area contributed by atoms with Crippen LogP contribution in [0, 0.1) is 5.92 Å². The maximum absolute atomic E-state index is 4.11. The first-order valence-corrected chi connectivity index (χ1v) is 11.9. The normalized spacial score (nSPS) is 18.8. The zero-order valence-corrected chi connectivity index (χ0v) is 20.4. The molecule has 1 rings (SSSR count). The van der Waals surface area contributed by atoms with Gasteiger partial charge in [0.05, 0.1) is 0 Å². The molecular formula is C29H48. The molecule has 0 aromatic carbocycles. The Balaban J connectivity index is 0.000000543. The van der Waals surface area contributed by atoms with Crippen LogP contribution < -0.4 is 0 Å². The first-order chi connectivity index (χ1) is 13.9. The lowest BCUT2D eigenvalue weighted by molar-refractivity contribution is 0.545. The summed E-state index contributed by atoms with van der Waals surface area (Å²) in [6.45, 7) is 21.1. The lowest BCUT2D eigenvalue weighted by Crippen LogP contribution is -1.94. The van der Waals surface area contributed by atoms with Gasteiger partial charge >= 0.3 is 0 Å². The van der Waals surface area contributed by atoms with Crippen LogP contribution in [-0.2, 0) is 0 Å². The van der Waals surface area contributed by atoms with Crippen molar-refractivity contribution in [1.82, 2.24) is 0 Å². The van der Waals surface area contributed by atoms with Crippen molar-refractivity contribution in [2.45, 2.75) is 106 Å². The lowest BCUT2D eigenvalue weighted by Gasteiger charge is -2.09. The van der Waals surface area contributed by atoms with Crippen LogP contribution in [0.25, 0.3) is 0 Å². The summed E-state index contributed by atoms with van der Waals surface area (Å²) in [5.74, 6) is 0.869. The van der Waals surface area contributed by atoms with Gasteiger partial charge in [-0.15, -0.1) is 0 Å². The van der Waals surface area contributed by atoms with Gasteiger partial charge in [0.25, 0.3) is 0 Å². The van der Waals surface area contributed by atoms with E-state index in [9.17, 15) is 0 Å². The van der Waals surface area contributed by atoms with Gasteiger partial charge in [0.2, 0.25) is 0 Å². The highest BCUT2D eigenvalue weighted by atomic mass is 14.2. The van der Waals surface area contributed by atoms with Crippen LogP contribution in [0.1, 0.15) is 106 Å². The minimum absolute atomic E-state index is 0.869. The fourth-order valence-electron chi connectivity index (χ4n) is 3.47. The van der Waals surface area contributed by atoms with Crippen LogP contribution in [0.4, 0.5) is 0 Å². The Morgan fingerprint density at radius 1 is 1.00 bits per heavy atom. The topological polar surface area (TPSA) is 0 Å². The molecule has 29 heavy (non-hydrogen) atoms. The third-order valence-corrected chi connectivity index (χ3v) is 5.82. The average Bonchev–Trinajstić information content (AvgIpc) is 3.16. The smallest absolute Gasteiger partial charge is 0.0282 e. The van der Waals surface area contributed by atoms with Crippen molar-refractivity contribution in [3.05, 3.63) is 71.4 Å². The Labute approximate surface area is 183 Å². The fourth-order valence-corrected chi connectivity index (χ4v) is 3.47. The summed E-state index contributed by atoms with van der Waals surface area (Å²) in [5.41, 5.74) is 7.11. The van der Waals surface area contributed by atoms with Crippen molar-refractivity contribution in [2.24, 2.45) is 5.92 Å². The van der Waals surface area contributed by atoms with Crippen LogP contribution in [-0.4, -0.2) is 0 Å². The molecule has 1 atom stereocenters.